The number of carbonyl (C=O) groups excluding carboxylic acids is 2. The Bertz CT molecular complexity index is 1030. The number of hydrogen-bond acceptors (Lipinski definition) is 5. The van der Waals surface area contributed by atoms with E-state index in [1.54, 1.807) is 50.4 Å². The van der Waals surface area contributed by atoms with Crippen molar-refractivity contribution in [3.8, 4) is 0 Å². The first kappa shape index (κ1) is 19.0. The molecule has 0 atom stereocenters. The van der Waals surface area contributed by atoms with Gasteiger partial charge in [0.25, 0.3) is 5.91 Å². The molecule has 2 aromatic heterocycles. The van der Waals surface area contributed by atoms with Crippen LogP contribution in [-0.2, 0) is 4.74 Å². The third kappa shape index (κ3) is 4.49. The van der Waals surface area contributed by atoms with Crippen LogP contribution in [0.5, 0.6) is 0 Å². The fourth-order valence-corrected chi connectivity index (χ4v) is 2.97. The van der Waals surface area contributed by atoms with Crippen molar-refractivity contribution in [2.45, 2.75) is 26.9 Å². The molecule has 0 radical (unpaired) electrons. The maximum absolute atomic E-state index is 12.6. The average Bonchev–Trinajstić information content (AvgIpc) is 2.60. The van der Waals surface area contributed by atoms with Crippen LogP contribution in [0.25, 0.3) is 10.9 Å². The molecule has 2 heterocycles. The van der Waals surface area contributed by atoms with Crippen molar-refractivity contribution in [2.24, 2.45) is 0 Å². The molecule has 6 nitrogen and oxygen atoms in total. The Morgan fingerprint density at radius 3 is 2.59 bits per heavy atom. The van der Waals surface area contributed by atoms with E-state index in [9.17, 15) is 9.59 Å². The molecule has 1 amide bonds. The molecule has 0 saturated carbocycles. The highest BCUT2D eigenvalue weighted by Gasteiger charge is 2.14. The van der Waals surface area contributed by atoms with Crippen LogP contribution in [0.15, 0.2) is 47.2 Å². The Labute approximate surface area is 165 Å². The van der Waals surface area contributed by atoms with Crippen LogP contribution in [0.3, 0.4) is 0 Å². The van der Waals surface area contributed by atoms with E-state index in [1.165, 1.54) is 6.20 Å². The summed E-state index contributed by atoms with van der Waals surface area (Å²) in [5.41, 5.74) is 2.83. The quantitative estimate of drug-likeness (QED) is 0.618. The van der Waals surface area contributed by atoms with Gasteiger partial charge in [-0.15, -0.1) is 0 Å². The van der Waals surface area contributed by atoms with Crippen LogP contribution in [0.4, 0.5) is 5.69 Å². The van der Waals surface area contributed by atoms with E-state index in [0.717, 1.165) is 5.69 Å². The predicted octanol–water partition coefficient (Wildman–Crippen LogP) is 4.52. The Kier molecular flexibility index (Phi) is 5.51. The van der Waals surface area contributed by atoms with Gasteiger partial charge in [-0.2, -0.15) is 0 Å². The lowest BCUT2D eigenvalue weighted by molar-refractivity contribution is 0.0378. The second-order valence-corrected chi connectivity index (χ2v) is 7.26. The van der Waals surface area contributed by atoms with Gasteiger partial charge >= 0.3 is 5.97 Å². The summed E-state index contributed by atoms with van der Waals surface area (Å²) in [6.07, 6.45) is 2.88. The molecule has 1 N–H and O–H groups in total. The third-order valence-corrected chi connectivity index (χ3v) is 4.16. The number of ether oxygens (including phenoxy) is 1. The summed E-state index contributed by atoms with van der Waals surface area (Å²) in [6.45, 7) is 5.43. The first-order chi connectivity index (χ1) is 12.8. The second-order valence-electron chi connectivity index (χ2n) is 6.34. The number of nitrogens with one attached hydrogen (secondary N) is 1. The van der Waals surface area contributed by atoms with Crippen molar-refractivity contribution in [1.82, 2.24) is 9.97 Å². The van der Waals surface area contributed by atoms with Crippen molar-refractivity contribution in [2.75, 3.05) is 5.32 Å². The molecule has 0 aliphatic rings. The number of aryl methyl sites for hydroxylation is 1. The molecule has 7 heteroatoms. The first-order valence-corrected chi connectivity index (χ1v) is 9.17. The maximum Gasteiger partial charge on any atom is 0.338 e. The van der Waals surface area contributed by atoms with Crippen LogP contribution >= 0.6 is 15.9 Å². The lowest BCUT2D eigenvalue weighted by Crippen LogP contribution is -2.14. The van der Waals surface area contributed by atoms with E-state index < -0.39 is 5.97 Å². The van der Waals surface area contributed by atoms with E-state index in [0.29, 0.717) is 32.2 Å². The van der Waals surface area contributed by atoms with E-state index in [1.807, 2.05) is 6.92 Å². The van der Waals surface area contributed by atoms with Gasteiger partial charge in [-0.3, -0.25) is 14.8 Å². The number of rotatable bonds is 4. The van der Waals surface area contributed by atoms with Gasteiger partial charge in [-0.25, -0.2) is 4.79 Å². The van der Waals surface area contributed by atoms with Crippen LogP contribution in [0.1, 0.15) is 40.3 Å². The number of carbonyl (C=O) groups is 2. The summed E-state index contributed by atoms with van der Waals surface area (Å²) in [7, 11) is 0. The second kappa shape index (κ2) is 7.84. The minimum atomic E-state index is -0.416. The van der Waals surface area contributed by atoms with E-state index >= 15 is 0 Å². The Balaban J connectivity index is 2.00. The number of hydrogen-bond donors (Lipinski definition) is 1. The summed E-state index contributed by atoms with van der Waals surface area (Å²) in [5.74, 6) is -0.716. The lowest BCUT2D eigenvalue weighted by atomic mass is 10.1. The molecule has 0 aliphatic heterocycles. The normalized spacial score (nSPS) is 10.9. The van der Waals surface area contributed by atoms with E-state index in [2.05, 4.69) is 31.2 Å². The number of anilines is 1. The molecular formula is C20H18BrN3O3. The molecular weight excluding hydrogens is 410 g/mol. The van der Waals surface area contributed by atoms with Crippen LogP contribution in [0, 0.1) is 6.92 Å². The van der Waals surface area contributed by atoms with Gasteiger partial charge in [0.15, 0.2) is 0 Å². The molecule has 0 fully saturated rings. The molecule has 0 saturated heterocycles. The van der Waals surface area contributed by atoms with E-state index in [4.69, 9.17) is 4.74 Å². The minimum Gasteiger partial charge on any atom is -0.459 e. The maximum atomic E-state index is 12.6. The summed E-state index contributed by atoms with van der Waals surface area (Å²) in [4.78, 5) is 33.3. The topological polar surface area (TPSA) is 81.2 Å². The van der Waals surface area contributed by atoms with Gasteiger partial charge in [0, 0.05) is 27.9 Å². The highest BCUT2D eigenvalue weighted by molar-refractivity contribution is 9.10. The number of nitrogens with zero attached hydrogens (tertiary/aromatic N) is 2. The van der Waals surface area contributed by atoms with Crippen molar-refractivity contribution in [3.63, 3.8) is 0 Å². The summed E-state index contributed by atoms with van der Waals surface area (Å²) >= 11 is 3.31. The monoisotopic (exact) mass is 427 g/mol. The fourth-order valence-electron chi connectivity index (χ4n) is 2.60. The number of halogens is 1. The lowest BCUT2D eigenvalue weighted by Gasteiger charge is -2.12. The molecule has 0 unspecified atom stereocenters. The summed E-state index contributed by atoms with van der Waals surface area (Å²) in [6, 6.07) is 8.55. The Morgan fingerprint density at radius 2 is 1.89 bits per heavy atom. The molecule has 3 rings (SSSR count). The van der Waals surface area contributed by atoms with Gasteiger partial charge in [0.2, 0.25) is 0 Å². The molecule has 0 spiro atoms. The van der Waals surface area contributed by atoms with Gasteiger partial charge < -0.3 is 10.1 Å². The largest absolute Gasteiger partial charge is 0.459 e. The Morgan fingerprint density at radius 1 is 1.11 bits per heavy atom. The molecule has 27 heavy (non-hydrogen) atoms. The predicted molar refractivity (Wildman–Crippen MR) is 107 cm³/mol. The van der Waals surface area contributed by atoms with Crippen molar-refractivity contribution in [1.29, 1.82) is 0 Å². The van der Waals surface area contributed by atoms with Gasteiger partial charge in [-0.1, -0.05) is 0 Å². The number of esters is 1. The Hall–Kier alpha value is -2.80. The van der Waals surface area contributed by atoms with Crippen LogP contribution in [0.2, 0.25) is 0 Å². The smallest absolute Gasteiger partial charge is 0.338 e. The number of aromatic nitrogens is 2. The van der Waals surface area contributed by atoms with Crippen LogP contribution < -0.4 is 5.32 Å². The minimum absolute atomic E-state index is 0.215. The molecule has 138 valence electrons. The zero-order valence-electron chi connectivity index (χ0n) is 15.1. The summed E-state index contributed by atoms with van der Waals surface area (Å²) < 4.78 is 5.96. The highest BCUT2D eigenvalue weighted by Crippen LogP contribution is 2.26. The average molecular weight is 428 g/mol. The molecule has 0 aliphatic carbocycles. The summed E-state index contributed by atoms with van der Waals surface area (Å²) in [5, 5.41) is 3.55. The van der Waals surface area contributed by atoms with Crippen molar-refractivity contribution < 1.29 is 14.3 Å². The molecule has 3 aromatic rings. The number of benzene rings is 1. The third-order valence-electron chi connectivity index (χ3n) is 3.73. The zero-order valence-corrected chi connectivity index (χ0v) is 16.7. The van der Waals surface area contributed by atoms with E-state index in [-0.39, 0.29) is 12.0 Å². The number of amides is 1. The highest BCUT2D eigenvalue weighted by atomic mass is 79.9. The number of pyridine rings is 2. The van der Waals surface area contributed by atoms with Crippen LogP contribution in [-0.4, -0.2) is 27.9 Å². The fraction of sp³-hybridized carbons (Fsp3) is 0.200. The van der Waals surface area contributed by atoms with Crippen molar-refractivity contribution in [3.05, 3.63) is 64.0 Å². The zero-order chi connectivity index (χ0) is 19.6. The van der Waals surface area contributed by atoms with Gasteiger partial charge in [0.05, 0.1) is 28.4 Å². The molecule has 1 aromatic carbocycles. The SMILES string of the molecule is Cc1cc(NC(=O)c2cncc(Br)c2)c2cc(C(=O)OC(C)C)ccc2n1. The number of fused-ring (bicyclic) bond motifs is 1. The van der Waals surface area contributed by atoms with Gasteiger partial charge in [0.1, 0.15) is 0 Å². The van der Waals surface area contributed by atoms with Crippen molar-refractivity contribution >= 4 is 44.4 Å². The molecule has 0 bridgehead atoms. The van der Waals surface area contributed by atoms with Gasteiger partial charge in [-0.05, 0) is 67.0 Å². The standard InChI is InChI=1S/C20H18BrN3O3/c1-11(2)27-20(26)13-4-5-17-16(8-13)18(6-12(3)23-17)24-19(25)14-7-15(21)10-22-9-14/h4-11H,1-3H3,(H,23,24,25). The first-order valence-electron chi connectivity index (χ1n) is 8.38.